The van der Waals surface area contributed by atoms with E-state index in [0.29, 0.717) is 38.9 Å². The second-order valence-corrected chi connectivity index (χ2v) is 4.67. The number of unbranched alkanes of at least 4 members (excludes halogenated alkanes) is 1. The van der Waals surface area contributed by atoms with Gasteiger partial charge in [-0.05, 0) is 25.9 Å². The van der Waals surface area contributed by atoms with Gasteiger partial charge in [-0.15, -0.1) is 0 Å². The van der Waals surface area contributed by atoms with E-state index in [1.165, 1.54) is 0 Å². The van der Waals surface area contributed by atoms with Gasteiger partial charge in [-0.3, -0.25) is 9.59 Å². The van der Waals surface area contributed by atoms with Crippen LogP contribution in [0.2, 0.25) is 0 Å². The van der Waals surface area contributed by atoms with Crippen molar-refractivity contribution in [3.8, 4) is 0 Å². The average molecular weight is 303 g/mol. The Hall–Kier alpha value is -1.14. The van der Waals surface area contributed by atoms with Crippen molar-refractivity contribution in [1.29, 1.82) is 0 Å². The lowest BCUT2D eigenvalue weighted by Crippen LogP contribution is -2.27. The number of hydrogen-bond donors (Lipinski definition) is 0. The first-order chi connectivity index (χ1) is 10.1. The van der Waals surface area contributed by atoms with Crippen LogP contribution in [-0.4, -0.2) is 63.4 Å². The minimum atomic E-state index is -0.248. The number of rotatable bonds is 13. The summed E-state index contributed by atoms with van der Waals surface area (Å²) in [5, 5.41) is 0. The highest BCUT2D eigenvalue weighted by molar-refractivity contribution is 5.70. The zero-order chi connectivity index (χ0) is 15.9. The van der Waals surface area contributed by atoms with Crippen molar-refractivity contribution in [3.05, 3.63) is 0 Å². The smallest absolute Gasteiger partial charge is 0.305 e. The molecule has 6 nitrogen and oxygen atoms in total. The molecule has 0 bridgehead atoms. The third-order valence-electron chi connectivity index (χ3n) is 3.13. The van der Waals surface area contributed by atoms with E-state index in [9.17, 15) is 9.59 Å². The summed E-state index contributed by atoms with van der Waals surface area (Å²) in [6.45, 7) is 7.96. The van der Waals surface area contributed by atoms with E-state index in [0.717, 1.165) is 19.6 Å². The molecule has 0 fully saturated rings. The van der Waals surface area contributed by atoms with Crippen LogP contribution in [0.25, 0.3) is 0 Å². The van der Waals surface area contributed by atoms with E-state index in [2.05, 4.69) is 18.7 Å². The van der Waals surface area contributed by atoms with Crippen LogP contribution in [0.1, 0.15) is 39.5 Å². The van der Waals surface area contributed by atoms with Crippen molar-refractivity contribution >= 4 is 11.9 Å². The molecule has 0 radical (unpaired) electrons. The summed E-state index contributed by atoms with van der Waals surface area (Å²) in [5.41, 5.74) is 0. The van der Waals surface area contributed by atoms with Gasteiger partial charge in [0.05, 0.1) is 6.61 Å². The lowest BCUT2D eigenvalue weighted by molar-refractivity contribution is -0.146. The molecule has 0 heterocycles. The fourth-order valence-corrected chi connectivity index (χ4v) is 1.75. The largest absolute Gasteiger partial charge is 0.464 e. The predicted octanol–water partition coefficient (Wildman–Crippen LogP) is 1.62. The van der Waals surface area contributed by atoms with Crippen LogP contribution in [-0.2, 0) is 23.8 Å². The molecule has 0 aliphatic carbocycles. The van der Waals surface area contributed by atoms with Crippen molar-refractivity contribution in [2.75, 3.05) is 46.6 Å². The topological polar surface area (TPSA) is 65.1 Å². The molecule has 0 aliphatic rings. The van der Waals surface area contributed by atoms with E-state index in [1.807, 2.05) is 0 Å². The van der Waals surface area contributed by atoms with Gasteiger partial charge in [0.15, 0.2) is 0 Å². The number of carbonyl (C=O) groups is 2. The maximum Gasteiger partial charge on any atom is 0.305 e. The van der Waals surface area contributed by atoms with Crippen LogP contribution in [0.5, 0.6) is 0 Å². The van der Waals surface area contributed by atoms with Gasteiger partial charge >= 0.3 is 11.9 Å². The Kier molecular flexibility index (Phi) is 13.1. The fraction of sp³-hybridized carbons (Fsp3) is 0.867. The Morgan fingerprint density at radius 2 is 1.38 bits per heavy atom. The maximum atomic E-state index is 11.5. The van der Waals surface area contributed by atoms with Gasteiger partial charge < -0.3 is 19.1 Å². The Balaban J connectivity index is 3.47. The summed E-state index contributed by atoms with van der Waals surface area (Å²) in [6.07, 6.45) is 1.96. The van der Waals surface area contributed by atoms with Gasteiger partial charge in [-0.2, -0.15) is 0 Å². The lowest BCUT2D eigenvalue weighted by Gasteiger charge is -2.17. The first-order valence-corrected chi connectivity index (χ1v) is 7.66. The molecular formula is C15H29NO5. The van der Waals surface area contributed by atoms with Crippen LogP contribution >= 0.6 is 0 Å². The Labute approximate surface area is 127 Å². The lowest BCUT2D eigenvalue weighted by atomic mass is 10.2. The minimum Gasteiger partial charge on any atom is -0.464 e. The second kappa shape index (κ2) is 13.8. The van der Waals surface area contributed by atoms with Crippen molar-refractivity contribution in [2.24, 2.45) is 0 Å². The van der Waals surface area contributed by atoms with Gasteiger partial charge in [0.2, 0.25) is 0 Å². The van der Waals surface area contributed by atoms with Crippen LogP contribution in [0.3, 0.4) is 0 Å². The number of esters is 2. The molecule has 0 saturated carbocycles. The quantitative estimate of drug-likeness (QED) is 0.380. The summed E-state index contributed by atoms with van der Waals surface area (Å²) in [7, 11) is 1.56. The van der Waals surface area contributed by atoms with Gasteiger partial charge in [0.1, 0.15) is 13.2 Å². The molecule has 0 aromatic carbocycles. The molecule has 0 unspecified atom stereocenters. The standard InChI is InChI=1S/C15H29NO5/c1-4-16(5-2)10-11-20-14(17)8-6-7-9-15(18)21-13-12-19-3/h4-13H2,1-3H3. The van der Waals surface area contributed by atoms with Crippen LogP contribution in [0.4, 0.5) is 0 Å². The van der Waals surface area contributed by atoms with E-state index in [1.54, 1.807) is 7.11 Å². The molecule has 0 aromatic heterocycles. The highest BCUT2D eigenvalue weighted by Gasteiger charge is 2.07. The molecule has 0 N–H and O–H groups in total. The van der Waals surface area contributed by atoms with Crippen LogP contribution in [0.15, 0.2) is 0 Å². The molecule has 124 valence electrons. The van der Waals surface area contributed by atoms with Gasteiger partial charge in [0, 0.05) is 26.5 Å². The molecule has 0 aromatic rings. The van der Waals surface area contributed by atoms with Crippen LogP contribution < -0.4 is 0 Å². The van der Waals surface area contributed by atoms with E-state index < -0.39 is 0 Å². The molecule has 6 heteroatoms. The Morgan fingerprint density at radius 1 is 0.857 bits per heavy atom. The summed E-state index contributed by atoms with van der Waals surface area (Å²) in [4.78, 5) is 25.0. The molecule has 0 atom stereocenters. The van der Waals surface area contributed by atoms with Crippen molar-refractivity contribution < 1.29 is 23.8 Å². The summed E-state index contributed by atoms with van der Waals surface area (Å²) in [5.74, 6) is -0.447. The number of carbonyl (C=O) groups excluding carboxylic acids is 2. The Morgan fingerprint density at radius 3 is 1.86 bits per heavy atom. The van der Waals surface area contributed by atoms with Crippen molar-refractivity contribution in [3.63, 3.8) is 0 Å². The zero-order valence-electron chi connectivity index (χ0n) is 13.6. The first kappa shape index (κ1) is 19.9. The SMILES string of the molecule is CCN(CC)CCOC(=O)CCCCC(=O)OCCOC. The number of methoxy groups -OCH3 is 1. The fourth-order valence-electron chi connectivity index (χ4n) is 1.75. The number of nitrogens with zero attached hydrogens (tertiary/aromatic N) is 1. The predicted molar refractivity (Wildman–Crippen MR) is 80.1 cm³/mol. The first-order valence-electron chi connectivity index (χ1n) is 7.66. The zero-order valence-corrected chi connectivity index (χ0v) is 13.6. The normalized spacial score (nSPS) is 10.7. The third-order valence-corrected chi connectivity index (χ3v) is 3.13. The molecular weight excluding hydrogens is 274 g/mol. The monoisotopic (exact) mass is 303 g/mol. The molecule has 0 spiro atoms. The van der Waals surface area contributed by atoms with Crippen LogP contribution in [0, 0.1) is 0 Å². The number of ether oxygens (including phenoxy) is 3. The van der Waals surface area contributed by atoms with Crippen molar-refractivity contribution in [2.45, 2.75) is 39.5 Å². The number of hydrogen-bond acceptors (Lipinski definition) is 6. The molecule has 0 saturated heterocycles. The molecule has 21 heavy (non-hydrogen) atoms. The second-order valence-electron chi connectivity index (χ2n) is 4.67. The van der Waals surface area contributed by atoms with E-state index in [-0.39, 0.29) is 18.5 Å². The molecule has 0 amide bonds. The highest BCUT2D eigenvalue weighted by Crippen LogP contribution is 2.03. The summed E-state index contributed by atoms with van der Waals surface area (Å²) in [6, 6.07) is 0. The van der Waals surface area contributed by atoms with Crippen molar-refractivity contribution in [1.82, 2.24) is 4.90 Å². The van der Waals surface area contributed by atoms with E-state index in [4.69, 9.17) is 14.2 Å². The molecule has 0 rings (SSSR count). The molecule has 0 aliphatic heterocycles. The van der Waals surface area contributed by atoms with Gasteiger partial charge in [0.25, 0.3) is 0 Å². The summed E-state index contributed by atoms with van der Waals surface area (Å²) < 4.78 is 14.8. The minimum absolute atomic E-state index is 0.199. The summed E-state index contributed by atoms with van der Waals surface area (Å²) >= 11 is 0. The Bertz CT molecular complexity index is 279. The average Bonchev–Trinajstić information content (AvgIpc) is 2.48. The number of likely N-dealkylation sites (N-methyl/N-ethyl adjacent to an activating group) is 1. The highest BCUT2D eigenvalue weighted by atomic mass is 16.6. The van der Waals surface area contributed by atoms with E-state index >= 15 is 0 Å². The third kappa shape index (κ3) is 12.3. The van der Waals surface area contributed by atoms with Gasteiger partial charge in [-0.25, -0.2) is 0 Å². The van der Waals surface area contributed by atoms with Gasteiger partial charge in [-0.1, -0.05) is 13.8 Å². The maximum absolute atomic E-state index is 11.5.